The smallest absolute Gasteiger partial charge is 0.307 e. The Hall–Kier alpha value is -0.870. The summed E-state index contributed by atoms with van der Waals surface area (Å²) < 4.78 is 5.72. The summed E-state index contributed by atoms with van der Waals surface area (Å²) in [6.45, 7) is 0. The molecule has 0 bridgehead atoms. The Kier molecular flexibility index (Phi) is 4.96. The number of ether oxygens (including phenoxy) is 1. The fraction of sp³-hybridized carbons (Fsp3) is 0.417. The first-order valence-corrected chi connectivity index (χ1v) is 5.83. The minimum absolute atomic E-state index is 0.0306. The van der Waals surface area contributed by atoms with Gasteiger partial charge in [0.25, 0.3) is 0 Å². The number of halogens is 1. The van der Waals surface area contributed by atoms with E-state index < -0.39 is 0 Å². The summed E-state index contributed by atoms with van der Waals surface area (Å²) in [5.41, 5.74) is 1.10. The van der Waals surface area contributed by atoms with Crippen LogP contribution in [0.4, 0.5) is 0 Å². The Bertz CT molecular complexity index is 366. The Morgan fingerprint density at radius 2 is 2.06 bits per heavy atom. The van der Waals surface area contributed by atoms with Gasteiger partial charge in [-0.15, -0.1) is 0 Å². The van der Waals surface area contributed by atoms with Gasteiger partial charge < -0.3 is 9.64 Å². The first-order valence-electron chi connectivity index (χ1n) is 5.04. The molecule has 3 nitrogen and oxygen atoms in total. The van der Waals surface area contributed by atoms with Gasteiger partial charge in [-0.3, -0.25) is 4.79 Å². The van der Waals surface area contributed by atoms with Crippen LogP contribution in [0.3, 0.4) is 0 Å². The average Bonchev–Trinajstić information content (AvgIpc) is 2.26. The maximum Gasteiger partial charge on any atom is 0.307 e. The monoisotopic (exact) mass is 285 g/mol. The van der Waals surface area contributed by atoms with Crippen molar-refractivity contribution in [2.24, 2.45) is 0 Å². The van der Waals surface area contributed by atoms with Crippen molar-refractivity contribution in [2.45, 2.75) is 12.5 Å². The van der Waals surface area contributed by atoms with E-state index in [1.165, 1.54) is 7.11 Å². The predicted octanol–water partition coefficient (Wildman–Crippen LogP) is 2.61. The number of nitrogens with zero attached hydrogens (tertiary/aromatic N) is 1. The molecule has 1 unspecified atom stereocenters. The average molecular weight is 286 g/mol. The Labute approximate surface area is 105 Å². The number of carbonyl (C=O) groups is 1. The number of benzene rings is 1. The summed E-state index contributed by atoms with van der Waals surface area (Å²) in [6.07, 6.45) is 0.353. The van der Waals surface area contributed by atoms with E-state index in [2.05, 4.69) is 15.9 Å². The largest absolute Gasteiger partial charge is 0.469 e. The molecule has 0 amide bonds. The van der Waals surface area contributed by atoms with Crippen molar-refractivity contribution in [3.05, 3.63) is 34.3 Å². The molecule has 16 heavy (non-hydrogen) atoms. The number of esters is 1. The lowest BCUT2D eigenvalue weighted by molar-refractivity contribution is -0.141. The van der Waals surface area contributed by atoms with Gasteiger partial charge in [-0.1, -0.05) is 34.1 Å². The van der Waals surface area contributed by atoms with Crippen molar-refractivity contribution in [3.8, 4) is 0 Å². The minimum Gasteiger partial charge on any atom is -0.469 e. The van der Waals surface area contributed by atoms with Crippen LogP contribution in [0.5, 0.6) is 0 Å². The van der Waals surface area contributed by atoms with Gasteiger partial charge >= 0.3 is 5.97 Å². The normalized spacial score (nSPS) is 12.6. The zero-order valence-corrected chi connectivity index (χ0v) is 11.3. The van der Waals surface area contributed by atoms with Crippen LogP contribution in [0, 0.1) is 0 Å². The number of rotatable bonds is 4. The standard InChI is InChI=1S/C12H16BrNO2/c1-14(2)11(8-12(15)16-3)9-6-4-5-7-10(9)13/h4-7,11H,8H2,1-3H3. The van der Waals surface area contributed by atoms with Gasteiger partial charge in [0, 0.05) is 10.5 Å². The molecule has 0 aliphatic heterocycles. The van der Waals surface area contributed by atoms with Crippen LogP contribution in [0.1, 0.15) is 18.0 Å². The lowest BCUT2D eigenvalue weighted by atomic mass is 10.0. The van der Waals surface area contributed by atoms with E-state index in [0.717, 1.165) is 10.0 Å². The molecule has 4 heteroatoms. The van der Waals surface area contributed by atoms with Gasteiger partial charge in [0.15, 0.2) is 0 Å². The van der Waals surface area contributed by atoms with Crippen LogP contribution in [-0.4, -0.2) is 32.1 Å². The molecule has 0 N–H and O–H groups in total. The highest BCUT2D eigenvalue weighted by molar-refractivity contribution is 9.10. The lowest BCUT2D eigenvalue weighted by Gasteiger charge is -2.24. The van der Waals surface area contributed by atoms with Crippen molar-refractivity contribution in [1.82, 2.24) is 4.90 Å². The molecule has 0 aromatic heterocycles. The van der Waals surface area contributed by atoms with Gasteiger partial charge in [-0.05, 0) is 25.7 Å². The van der Waals surface area contributed by atoms with Crippen LogP contribution in [0.2, 0.25) is 0 Å². The molecule has 1 aromatic carbocycles. The van der Waals surface area contributed by atoms with Gasteiger partial charge in [0.1, 0.15) is 0 Å². The summed E-state index contributed by atoms with van der Waals surface area (Å²) in [5.74, 6) is -0.200. The van der Waals surface area contributed by atoms with Crippen LogP contribution in [-0.2, 0) is 9.53 Å². The highest BCUT2D eigenvalue weighted by atomic mass is 79.9. The maximum absolute atomic E-state index is 11.3. The molecular weight excluding hydrogens is 270 g/mol. The summed E-state index contributed by atoms with van der Waals surface area (Å²) in [5, 5.41) is 0. The molecular formula is C12H16BrNO2. The first kappa shape index (κ1) is 13.2. The predicted molar refractivity (Wildman–Crippen MR) is 67.2 cm³/mol. The third kappa shape index (κ3) is 3.32. The summed E-state index contributed by atoms with van der Waals surface area (Å²) in [6, 6.07) is 7.94. The quantitative estimate of drug-likeness (QED) is 0.797. The van der Waals surface area contributed by atoms with E-state index >= 15 is 0 Å². The zero-order chi connectivity index (χ0) is 12.1. The molecule has 0 heterocycles. The number of hydrogen-bond acceptors (Lipinski definition) is 3. The minimum atomic E-state index is -0.200. The SMILES string of the molecule is COC(=O)CC(c1ccccc1Br)N(C)C. The van der Waals surface area contributed by atoms with Gasteiger partial charge in [-0.25, -0.2) is 0 Å². The van der Waals surface area contributed by atoms with Gasteiger partial charge in [0.05, 0.1) is 13.5 Å². The molecule has 0 fully saturated rings. The highest BCUT2D eigenvalue weighted by Crippen LogP contribution is 2.28. The molecule has 0 aliphatic carbocycles. The molecule has 0 saturated heterocycles. The molecule has 1 rings (SSSR count). The second-order valence-electron chi connectivity index (χ2n) is 3.78. The Morgan fingerprint density at radius 3 is 2.56 bits per heavy atom. The van der Waals surface area contributed by atoms with E-state index in [-0.39, 0.29) is 12.0 Å². The maximum atomic E-state index is 11.3. The molecule has 1 aromatic rings. The highest BCUT2D eigenvalue weighted by Gasteiger charge is 2.20. The Morgan fingerprint density at radius 1 is 1.44 bits per heavy atom. The number of methoxy groups -OCH3 is 1. The topological polar surface area (TPSA) is 29.5 Å². The summed E-state index contributed by atoms with van der Waals surface area (Å²) in [4.78, 5) is 13.4. The molecule has 0 radical (unpaired) electrons. The number of carbonyl (C=O) groups excluding carboxylic acids is 1. The molecule has 88 valence electrons. The van der Waals surface area contributed by atoms with Crippen LogP contribution in [0.25, 0.3) is 0 Å². The number of hydrogen-bond donors (Lipinski definition) is 0. The second kappa shape index (κ2) is 6.01. The van der Waals surface area contributed by atoms with Crippen LogP contribution < -0.4 is 0 Å². The van der Waals surface area contributed by atoms with E-state index in [4.69, 9.17) is 4.74 Å². The van der Waals surface area contributed by atoms with Gasteiger partial charge in [0.2, 0.25) is 0 Å². The molecule has 1 atom stereocenters. The fourth-order valence-electron chi connectivity index (χ4n) is 1.56. The van der Waals surface area contributed by atoms with Crippen molar-refractivity contribution in [1.29, 1.82) is 0 Å². The molecule has 0 saturated carbocycles. The fourth-order valence-corrected chi connectivity index (χ4v) is 2.11. The van der Waals surface area contributed by atoms with E-state index in [0.29, 0.717) is 6.42 Å². The van der Waals surface area contributed by atoms with Gasteiger partial charge in [-0.2, -0.15) is 0 Å². The van der Waals surface area contributed by atoms with E-state index in [1.54, 1.807) is 0 Å². The second-order valence-corrected chi connectivity index (χ2v) is 4.64. The summed E-state index contributed by atoms with van der Waals surface area (Å²) in [7, 11) is 5.31. The first-order chi connectivity index (χ1) is 7.56. The summed E-state index contributed by atoms with van der Waals surface area (Å²) >= 11 is 3.50. The van der Waals surface area contributed by atoms with E-state index in [1.807, 2.05) is 43.3 Å². The zero-order valence-electron chi connectivity index (χ0n) is 9.74. The van der Waals surface area contributed by atoms with Crippen molar-refractivity contribution >= 4 is 21.9 Å². The molecule has 0 spiro atoms. The van der Waals surface area contributed by atoms with Crippen molar-refractivity contribution in [2.75, 3.05) is 21.2 Å². The Balaban J connectivity index is 2.94. The van der Waals surface area contributed by atoms with Crippen molar-refractivity contribution < 1.29 is 9.53 Å². The van der Waals surface area contributed by atoms with Crippen LogP contribution >= 0.6 is 15.9 Å². The third-order valence-electron chi connectivity index (χ3n) is 2.48. The third-order valence-corrected chi connectivity index (χ3v) is 3.20. The van der Waals surface area contributed by atoms with Crippen molar-refractivity contribution in [3.63, 3.8) is 0 Å². The lowest BCUT2D eigenvalue weighted by Crippen LogP contribution is -2.23. The van der Waals surface area contributed by atoms with E-state index in [9.17, 15) is 4.79 Å². The molecule has 0 aliphatic rings. The van der Waals surface area contributed by atoms with Crippen LogP contribution in [0.15, 0.2) is 28.7 Å².